The third-order valence-electron chi connectivity index (χ3n) is 3.97. The van der Waals surface area contributed by atoms with E-state index < -0.39 is 0 Å². The summed E-state index contributed by atoms with van der Waals surface area (Å²) in [6.45, 7) is 3.84. The van der Waals surface area contributed by atoms with Gasteiger partial charge in [-0.1, -0.05) is 59.1 Å². The van der Waals surface area contributed by atoms with Crippen molar-refractivity contribution in [3.8, 4) is 0 Å². The van der Waals surface area contributed by atoms with E-state index in [1.54, 1.807) is 6.07 Å². The average molecular weight is 356 g/mol. The zero-order chi connectivity index (χ0) is 15.5. The lowest BCUT2D eigenvalue weighted by Crippen LogP contribution is -2.45. The van der Waals surface area contributed by atoms with Crippen LogP contribution in [0, 0.1) is 0 Å². The van der Waals surface area contributed by atoms with E-state index in [0.29, 0.717) is 10.0 Å². The monoisotopic (exact) mass is 354 g/mol. The van der Waals surface area contributed by atoms with Crippen LogP contribution in [0.5, 0.6) is 0 Å². The van der Waals surface area contributed by atoms with Crippen molar-refractivity contribution < 1.29 is 0 Å². The van der Waals surface area contributed by atoms with Crippen molar-refractivity contribution in [3.05, 3.63) is 68.7 Å². The lowest BCUT2D eigenvalue weighted by molar-refractivity contribution is 0.198. The molecule has 0 aliphatic carbocycles. The number of nitrogens with one attached hydrogen (secondary N) is 1. The highest BCUT2D eigenvalue weighted by molar-refractivity contribution is 6.35. The van der Waals surface area contributed by atoms with Crippen molar-refractivity contribution in [3.63, 3.8) is 0 Å². The van der Waals surface area contributed by atoms with E-state index in [2.05, 4.69) is 16.3 Å². The number of piperazine rings is 1. The van der Waals surface area contributed by atoms with Gasteiger partial charge in [0, 0.05) is 41.2 Å². The highest BCUT2D eigenvalue weighted by Crippen LogP contribution is 2.37. The van der Waals surface area contributed by atoms with Gasteiger partial charge >= 0.3 is 0 Å². The van der Waals surface area contributed by atoms with Crippen LogP contribution in [0.3, 0.4) is 0 Å². The molecule has 0 radical (unpaired) electrons. The Morgan fingerprint density at radius 2 is 1.55 bits per heavy atom. The van der Waals surface area contributed by atoms with Gasteiger partial charge in [-0.2, -0.15) is 0 Å². The average Bonchev–Trinajstić information content (AvgIpc) is 2.52. The Bertz CT molecular complexity index is 654. The van der Waals surface area contributed by atoms with Gasteiger partial charge in [0.25, 0.3) is 0 Å². The molecule has 22 heavy (non-hydrogen) atoms. The van der Waals surface area contributed by atoms with Crippen LogP contribution in [0.4, 0.5) is 0 Å². The SMILES string of the molecule is Clc1ccc(C(c2ccccc2Cl)N2CCNCC2)c(Cl)c1. The van der Waals surface area contributed by atoms with Gasteiger partial charge in [-0.3, -0.25) is 4.90 Å². The lowest BCUT2D eigenvalue weighted by atomic mass is 9.96. The van der Waals surface area contributed by atoms with Crippen LogP contribution in [-0.4, -0.2) is 31.1 Å². The van der Waals surface area contributed by atoms with Gasteiger partial charge in [0.15, 0.2) is 0 Å². The standard InChI is InChI=1S/C17H17Cl3N2/c18-12-5-6-14(16(20)11-12)17(22-9-7-21-8-10-22)13-3-1-2-4-15(13)19/h1-6,11,17,21H,7-10H2. The first-order valence-electron chi connectivity index (χ1n) is 7.31. The normalized spacial score (nSPS) is 17.4. The molecule has 3 rings (SSSR count). The fourth-order valence-corrected chi connectivity index (χ4v) is 3.67. The highest BCUT2D eigenvalue weighted by Gasteiger charge is 2.27. The molecule has 2 aromatic carbocycles. The molecule has 1 aliphatic heterocycles. The van der Waals surface area contributed by atoms with Gasteiger partial charge in [-0.25, -0.2) is 0 Å². The molecule has 0 aromatic heterocycles. The maximum atomic E-state index is 6.48. The Hall–Kier alpha value is -0.770. The molecule has 1 fully saturated rings. The van der Waals surface area contributed by atoms with E-state index in [9.17, 15) is 0 Å². The summed E-state index contributed by atoms with van der Waals surface area (Å²) in [5.41, 5.74) is 2.12. The lowest BCUT2D eigenvalue weighted by Gasteiger charge is -2.36. The zero-order valence-corrected chi connectivity index (χ0v) is 14.3. The molecule has 1 unspecified atom stereocenters. The van der Waals surface area contributed by atoms with Gasteiger partial charge in [-0.15, -0.1) is 0 Å². The van der Waals surface area contributed by atoms with E-state index in [0.717, 1.165) is 42.3 Å². The van der Waals surface area contributed by atoms with Crippen LogP contribution in [0.25, 0.3) is 0 Å². The predicted octanol–water partition coefficient (Wildman–Crippen LogP) is 4.64. The first-order chi connectivity index (χ1) is 10.7. The Balaban J connectivity index is 2.08. The van der Waals surface area contributed by atoms with Crippen LogP contribution in [-0.2, 0) is 0 Å². The smallest absolute Gasteiger partial charge is 0.0632 e. The fraction of sp³-hybridized carbons (Fsp3) is 0.294. The van der Waals surface area contributed by atoms with Crippen molar-refractivity contribution in [2.24, 2.45) is 0 Å². The van der Waals surface area contributed by atoms with Gasteiger partial charge in [-0.05, 0) is 29.3 Å². The minimum atomic E-state index is 0.0422. The molecule has 1 aliphatic rings. The predicted molar refractivity (Wildman–Crippen MR) is 94.2 cm³/mol. The number of halogens is 3. The molecule has 2 nitrogen and oxygen atoms in total. The zero-order valence-electron chi connectivity index (χ0n) is 12.0. The van der Waals surface area contributed by atoms with Crippen molar-refractivity contribution in [1.82, 2.24) is 10.2 Å². The topological polar surface area (TPSA) is 15.3 Å². The molecule has 2 aromatic rings. The summed E-state index contributed by atoms with van der Waals surface area (Å²) < 4.78 is 0. The molecule has 0 spiro atoms. The van der Waals surface area contributed by atoms with Gasteiger partial charge in [0.1, 0.15) is 0 Å². The number of hydrogen-bond acceptors (Lipinski definition) is 2. The molecule has 1 heterocycles. The van der Waals surface area contributed by atoms with Crippen LogP contribution >= 0.6 is 34.8 Å². The second kappa shape index (κ2) is 7.20. The molecule has 116 valence electrons. The van der Waals surface area contributed by atoms with E-state index >= 15 is 0 Å². The highest BCUT2D eigenvalue weighted by atomic mass is 35.5. The molecular formula is C17H17Cl3N2. The van der Waals surface area contributed by atoms with E-state index in [4.69, 9.17) is 34.8 Å². The number of hydrogen-bond donors (Lipinski definition) is 1. The Morgan fingerprint density at radius 1 is 0.864 bits per heavy atom. The number of benzene rings is 2. The quantitative estimate of drug-likeness (QED) is 0.862. The molecular weight excluding hydrogens is 339 g/mol. The summed E-state index contributed by atoms with van der Waals surface area (Å²) in [5.74, 6) is 0. The third kappa shape index (κ3) is 3.42. The van der Waals surface area contributed by atoms with Crippen molar-refractivity contribution >= 4 is 34.8 Å². The molecule has 0 bridgehead atoms. The van der Waals surface area contributed by atoms with Crippen molar-refractivity contribution in [2.75, 3.05) is 26.2 Å². The minimum absolute atomic E-state index is 0.0422. The molecule has 0 amide bonds. The van der Waals surface area contributed by atoms with Gasteiger partial charge in [0.2, 0.25) is 0 Å². The number of nitrogens with zero attached hydrogens (tertiary/aromatic N) is 1. The van der Waals surface area contributed by atoms with Crippen LogP contribution < -0.4 is 5.32 Å². The first kappa shape index (κ1) is 16.1. The van der Waals surface area contributed by atoms with E-state index in [1.807, 2.05) is 30.3 Å². The Kier molecular flexibility index (Phi) is 5.27. The summed E-state index contributed by atoms with van der Waals surface area (Å²) in [6.07, 6.45) is 0. The van der Waals surface area contributed by atoms with Gasteiger partial charge < -0.3 is 5.32 Å². The second-order valence-electron chi connectivity index (χ2n) is 5.38. The first-order valence-corrected chi connectivity index (χ1v) is 8.44. The second-order valence-corrected chi connectivity index (χ2v) is 6.63. The summed E-state index contributed by atoms with van der Waals surface area (Å²) in [7, 11) is 0. The summed E-state index contributed by atoms with van der Waals surface area (Å²) in [6, 6.07) is 13.7. The van der Waals surface area contributed by atoms with Crippen LogP contribution in [0.2, 0.25) is 15.1 Å². The number of rotatable bonds is 3. The van der Waals surface area contributed by atoms with Crippen LogP contribution in [0.1, 0.15) is 17.2 Å². The maximum absolute atomic E-state index is 6.48. The molecule has 1 N–H and O–H groups in total. The molecule has 0 saturated carbocycles. The van der Waals surface area contributed by atoms with Gasteiger partial charge in [0.05, 0.1) is 6.04 Å². The minimum Gasteiger partial charge on any atom is -0.314 e. The summed E-state index contributed by atoms with van der Waals surface area (Å²) in [5, 5.41) is 5.47. The molecule has 1 atom stereocenters. The molecule has 1 saturated heterocycles. The third-order valence-corrected chi connectivity index (χ3v) is 4.88. The largest absolute Gasteiger partial charge is 0.314 e. The fourth-order valence-electron chi connectivity index (χ4n) is 2.92. The van der Waals surface area contributed by atoms with E-state index in [-0.39, 0.29) is 6.04 Å². The molecule has 5 heteroatoms. The summed E-state index contributed by atoms with van der Waals surface area (Å²) >= 11 is 19.0. The van der Waals surface area contributed by atoms with E-state index in [1.165, 1.54) is 0 Å². The van der Waals surface area contributed by atoms with Crippen molar-refractivity contribution in [1.29, 1.82) is 0 Å². The summed E-state index contributed by atoms with van der Waals surface area (Å²) in [4.78, 5) is 2.41. The maximum Gasteiger partial charge on any atom is 0.0632 e. The Morgan fingerprint density at radius 3 is 2.23 bits per heavy atom. The Labute approximate surface area is 146 Å². The van der Waals surface area contributed by atoms with Crippen LogP contribution in [0.15, 0.2) is 42.5 Å². The van der Waals surface area contributed by atoms with Crippen molar-refractivity contribution in [2.45, 2.75) is 6.04 Å².